The lowest BCUT2D eigenvalue weighted by Crippen LogP contribution is -1.99. The van der Waals surface area contributed by atoms with Crippen LogP contribution in [-0.2, 0) is 6.61 Å². The minimum Gasteiger partial charge on any atom is -0.497 e. The maximum Gasteiger partial charge on any atom is 0.165 e. The van der Waals surface area contributed by atoms with E-state index < -0.39 is 11.9 Å². The second-order valence-electron chi connectivity index (χ2n) is 4.50. The number of ether oxygens (including phenoxy) is 2. The highest BCUT2D eigenvalue weighted by Gasteiger charge is 2.08. The first-order chi connectivity index (χ1) is 9.60. The van der Waals surface area contributed by atoms with Gasteiger partial charge in [0, 0.05) is 0 Å². The van der Waals surface area contributed by atoms with Gasteiger partial charge in [0.25, 0.3) is 0 Å². The Kier molecular flexibility index (Phi) is 4.58. The molecule has 3 nitrogen and oxygen atoms in total. The summed E-state index contributed by atoms with van der Waals surface area (Å²) in [6, 6.07) is 11.8. The van der Waals surface area contributed by atoms with Crippen molar-refractivity contribution in [2.45, 2.75) is 19.6 Å². The number of methoxy groups -OCH3 is 1. The summed E-state index contributed by atoms with van der Waals surface area (Å²) in [5.74, 6) is 0.461. The summed E-state index contributed by atoms with van der Waals surface area (Å²) in [6.07, 6.45) is -0.694. The lowest BCUT2D eigenvalue weighted by atomic mass is 10.1. The molecule has 20 heavy (non-hydrogen) atoms. The molecule has 4 heteroatoms. The Labute approximate surface area is 117 Å². The summed E-state index contributed by atoms with van der Waals surface area (Å²) in [6.45, 7) is 1.86. The van der Waals surface area contributed by atoms with Gasteiger partial charge in [0.05, 0.1) is 13.2 Å². The van der Waals surface area contributed by atoms with Crippen molar-refractivity contribution in [1.82, 2.24) is 0 Å². The fraction of sp³-hybridized carbons (Fsp3) is 0.250. The van der Waals surface area contributed by atoms with Crippen LogP contribution in [0.4, 0.5) is 4.39 Å². The van der Waals surface area contributed by atoms with Gasteiger partial charge in [-0.05, 0) is 42.3 Å². The van der Waals surface area contributed by atoms with Gasteiger partial charge in [0.15, 0.2) is 11.6 Å². The predicted octanol–water partition coefficient (Wildman–Crippen LogP) is 3.47. The molecule has 1 N–H and O–H groups in total. The van der Waals surface area contributed by atoms with Crippen LogP contribution in [0.2, 0.25) is 0 Å². The van der Waals surface area contributed by atoms with Crippen molar-refractivity contribution < 1.29 is 19.0 Å². The van der Waals surface area contributed by atoms with E-state index in [9.17, 15) is 9.50 Å². The monoisotopic (exact) mass is 276 g/mol. The zero-order valence-corrected chi connectivity index (χ0v) is 11.5. The zero-order valence-electron chi connectivity index (χ0n) is 11.5. The van der Waals surface area contributed by atoms with E-state index in [1.54, 1.807) is 20.1 Å². The molecule has 0 unspecified atom stereocenters. The van der Waals surface area contributed by atoms with E-state index in [1.165, 1.54) is 12.1 Å². The van der Waals surface area contributed by atoms with Gasteiger partial charge < -0.3 is 14.6 Å². The van der Waals surface area contributed by atoms with E-state index in [0.29, 0.717) is 5.56 Å². The molecule has 0 radical (unpaired) electrons. The fourth-order valence-corrected chi connectivity index (χ4v) is 1.78. The van der Waals surface area contributed by atoms with E-state index in [1.807, 2.05) is 24.3 Å². The molecule has 106 valence electrons. The number of aliphatic hydroxyl groups is 1. The molecule has 2 aromatic rings. The molecule has 1 atom stereocenters. The van der Waals surface area contributed by atoms with Crippen molar-refractivity contribution in [3.05, 3.63) is 59.4 Å². The molecule has 0 aliphatic carbocycles. The quantitative estimate of drug-likeness (QED) is 0.908. The van der Waals surface area contributed by atoms with E-state index >= 15 is 0 Å². The van der Waals surface area contributed by atoms with E-state index in [4.69, 9.17) is 9.47 Å². The summed E-state index contributed by atoms with van der Waals surface area (Å²) in [5, 5.41) is 9.38. The van der Waals surface area contributed by atoms with Crippen molar-refractivity contribution >= 4 is 0 Å². The van der Waals surface area contributed by atoms with Gasteiger partial charge in [-0.15, -0.1) is 0 Å². The normalized spacial score (nSPS) is 12.0. The Balaban J connectivity index is 2.03. The Morgan fingerprint density at radius 2 is 1.85 bits per heavy atom. The van der Waals surface area contributed by atoms with Crippen LogP contribution in [0.25, 0.3) is 0 Å². The highest BCUT2D eigenvalue weighted by Crippen LogP contribution is 2.23. The number of aliphatic hydroxyl groups excluding tert-OH is 1. The zero-order chi connectivity index (χ0) is 14.5. The third-order valence-electron chi connectivity index (χ3n) is 2.99. The summed E-state index contributed by atoms with van der Waals surface area (Å²) in [7, 11) is 1.60. The minimum absolute atomic E-state index is 0.171. The van der Waals surface area contributed by atoms with Crippen molar-refractivity contribution in [3.63, 3.8) is 0 Å². The number of halogens is 1. The van der Waals surface area contributed by atoms with Crippen LogP contribution in [0.3, 0.4) is 0 Å². The molecule has 0 aromatic heterocycles. The summed E-state index contributed by atoms with van der Waals surface area (Å²) < 4.78 is 24.3. The third kappa shape index (κ3) is 3.48. The Hall–Kier alpha value is -2.07. The molecule has 0 aliphatic heterocycles. The maximum absolute atomic E-state index is 13.8. The van der Waals surface area contributed by atoms with Crippen LogP contribution in [0.5, 0.6) is 11.5 Å². The molecule has 2 rings (SSSR count). The van der Waals surface area contributed by atoms with Crippen LogP contribution >= 0.6 is 0 Å². The predicted molar refractivity (Wildman–Crippen MR) is 74.4 cm³/mol. The number of rotatable bonds is 5. The first-order valence-electron chi connectivity index (χ1n) is 6.33. The molecule has 0 saturated heterocycles. The van der Waals surface area contributed by atoms with Crippen LogP contribution in [0, 0.1) is 5.82 Å². The van der Waals surface area contributed by atoms with Gasteiger partial charge in [-0.3, -0.25) is 0 Å². The SMILES string of the molecule is COc1ccc(COc2ccc([C@H](C)O)cc2F)cc1. The van der Waals surface area contributed by atoms with E-state index in [2.05, 4.69) is 0 Å². The smallest absolute Gasteiger partial charge is 0.165 e. The molecule has 0 spiro atoms. The van der Waals surface area contributed by atoms with Crippen molar-refractivity contribution in [2.24, 2.45) is 0 Å². The molecule has 0 bridgehead atoms. The number of hydrogen-bond acceptors (Lipinski definition) is 3. The van der Waals surface area contributed by atoms with Gasteiger partial charge in [-0.2, -0.15) is 0 Å². The first-order valence-corrected chi connectivity index (χ1v) is 6.33. The highest BCUT2D eigenvalue weighted by atomic mass is 19.1. The lowest BCUT2D eigenvalue weighted by molar-refractivity contribution is 0.198. The van der Waals surface area contributed by atoms with E-state index in [-0.39, 0.29) is 12.4 Å². The van der Waals surface area contributed by atoms with Crippen molar-refractivity contribution in [3.8, 4) is 11.5 Å². The van der Waals surface area contributed by atoms with Gasteiger partial charge in [0.2, 0.25) is 0 Å². The van der Waals surface area contributed by atoms with Gasteiger partial charge in [-0.1, -0.05) is 18.2 Å². The first kappa shape index (κ1) is 14.3. The summed E-state index contributed by atoms with van der Waals surface area (Å²) in [5.41, 5.74) is 1.45. The highest BCUT2D eigenvalue weighted by molar-refractivity contribution is 5.31. The molecular formula is C16H17FO3. The average Bonchev–Trinajstić information content (AvgIpc) is 2.46. The second kappa shape index (κ2) is 6.39. The minimum atomic E-state index is -0.694. The summed E-state index contributed by atoms with van der Waals surface area (Å²) in [4.78, 5) is 0. The van der Waals surface area contributed by atoms with Crippen LogP contribution in [0.1, 0.15) is 24.2 Å². The standard InChI is InChI=1S/C16H17FO3/c1-11(18)13-5-8-16(15(17)9-13)20-10-12-3-6-14(19-2)7-4-12/h3-9,11,18H,10H2,1-2H3/t11-/m0/s1. The molecule has 0 saturated carbocycles. The fourth-order valence-electron chi connectivity index (χ4n) is 1.78. The van der Waals surface area contributed by atoms with Gasteiger partial charge >= 0.3 is 0 Å². The second-order valence-corrected chi connectivity index (χ2v) is 4.50. The topological polar surface area (TPSA) is 38.7 Å². The molecule has 0 heterocycles. The Morgan fingerprint density at radius 3 is 2.40 bits per heavy atom. The van der Waals surface area contributed by atoms with Crippen LogP contribution in [0.15, 0.2) is 42.5 Å². The third-order valence-corrected chi connectivity index (χ3v) is 2.99. The Morgan fingerprint density at radius 1 is 1.15 bits per heavy atom. The van der Waals surface area contributed by atoms with Crippen molar-refractivity contribution in [2.75, 3.05) is 7.11 Å². The van der Waals surface area contributed by atoms with Gasteiger partial charge in [-0.25, -0.2) is 4.39 Å². The van der Waals surface area contributed by atoms with Crippen LogP contribution in [-0.4, -0.2) is 12.2 Å². The molecular weight excluding hydrogens is 259 g/mol. The number of hydrogen-bond donors (Lipinski definition) is 1. The summed E-state index contributed by atoms with van der Waals surface area (Å²) >= 11 is 0. The molecule has 2 aromatic carbocycles. The largest absolute Gasteiger partial charge is 0.497 e. The lowest BCUT2D eigenvalue weighted by Gasteiger charge is -2.10. The van der Waals surface area contributed by atoms with E-state index in [0.717, 1.165) is 11.3 Å². The maximum atomic E-state index is 13.8. The molecule has 0 aliphatic rings. The number of benzene rings is 2. The molecule has 0 amide bonds. The Bertz CT molecular complexity index is 564. The van der Waals surface area contributed by atoms with Crippen molar-refractivity contribution in [1.29, 1.82) is 0 Å². The average molecular weight is 276 g/mol. The van der Waals surface area contributed by atoms with Gasteiger partial charge in [0.1, 0.15) is 12.4 Å². The molecule has 0 fully saturated rings. The van der Waals surface area contributed by atoms with Crippen LogP contribution < -0.4 is 9.47 Å².